The number of hydrogen-bond donors (Lipinski definition) is 1. The van der Waals surface area contributed by atoms with Crippen LogP contribution in [0.1, 0.15) is 19.0 Å². The zero-order valence-electron chi connectivity index (χ0n) is 13.5. The van der Waals surface area contributed by atoms with E-state index in [9.17, 15) is 10.1 Å². The Morgan fingerprint density at radius 2 is 2.29 bits per heavy atom. The van der Waals surface area contributed by atoms with Crippen LogP contribution in [0.15, 0.2) is 29.6 Å². The van der Waals surface area contributed by atoms with E-state index in [1.165, 1.54) is 17.4 Å². The normalized spacial score (nSPS) is 20.8. The monoisotopic (exact) mass is 368 g/mol. The summed E-state index contributed by atoms with van der Waals surface area (Å²) in [6, 6.07) is 6.62. The van der Waals surface area contributed by atoms with Crippen LogP contribution in [-0.4, -0.2) is 34.4 Å². The van der Waals surface area contributed by atoms with Gasteiger partial charge in [-0.3, -0.25) is 15.0 Å². The molecule has 1 aliphatic heterocycles. The molecule has 1 fully saturated rings. The van der Waals surface area contributed by atoms with Gasteiger partial charge in [0.1, 0.15) is 5.01 Å². The van der Waals surface area contributed by atoms with Crippen molar-refractivity contribution in [1.82, 2.24) is 9.88 Å². The molecule has 1 aromatic heterocycles. The number of hydrogen-bond acceptors (Lipinski definition) is 6. The highest BCUT2D eigenvalue weighted by atomic mass is 35.5. The SMILES string of the molecule is CC1(CN)CCN(Cc2csc(-c3cccc([N+](=O)[O-])c3)n2)C1.Cl. The van der Waals surface area contributed by atoms with Gasteiger partial charge >= 0.3 is 0 Å². The van der Waals surface area contributed by atoms with Crippen molar-refractivity contribution in [3.8, 4) is 10.6 Å². The molecule has 0 bridgehead atoms. The van der Waals surface area contributed by atoms with Gasteiger partial charge in [-0.15, -0.1) is 23.7 Å². The Morgan fingerprint density at radius 3 is 2.96 bits per heavy atom. The maximum atomic E-state index is 10.9. The predicted octanol–water partition coefficient (Wildman–Crippen LogP) is 3.31. The van der Waals surface area contributed by atoms with E-state index >= 15 is 0 Å². The molecule has 1 atom stereocenters. The number of aromatic nitrogens is 1. The fourth-order valence-corrected chi connectivity index (χ4v) is 3.73. The molecule has 1 aromatic carbocycles. The minimum Gasteiger partial charge on any atom is -0.330 e. The molecule has 1 aliphatic rings. The van der Waals surface area contributed by atoms with Gasteiger partial charge in [-0.05, 0) is 24.9 Å². The van der Waals surface area contributed by atoms with E-state index in [2.05, 4.69) is 16.8 Å². The Morgan fingerprint density at radius 1 is 1.50 bits per heavy atom. The first kappa shape index (κ1) is 18.8. The minimum absolute atomic E-state index is 0. The van der Waals surface area contributed by atoms with Crippen LogP contribution in [0.3, 0.4) is 0 Å². The lowest BCUT2D eigenvalue weighted by Gasteiger charge is -2.22. The predicted molar refractivity (Wildman–Crippen MR) is 98.5 cm³/mol. The molecule has 1 unspecified atom stereocenters. The third kappa shape index (κ3) is 4.10. The molecule has 130 valence electrons. The van der Waals surface area contributed by atoms with Crippen LogP contribution in [0.25, 0.3) is 10.6 Å². The average molecular weight is 369 g/mol. The van der Waals surface area contributed by atoms with Gasteiger partial charge in [0.05, 0.1) is 10.6 Å². The van der Waals surface area contributed by atoms with Gasteiger partial charge in [-0.25, -0.2) is 4.98 Å². The number of nitrogens with two attached hydrogens (primary N) is 1. The van der Waals surface area contributed by atoms with Gasteiger partial charge in [0, 0.05) is 36.2 Å². The first-order valence-electron chi connectivity index (χ1n) is 7.61. The minimum atomic E-state index is -0.379. The van der Waals surface area contributed by atoms with Crippen LogP contribution in [0.2, 0.25) is 0 Å². The van der Waals surface area contributed by atoms with Crippen molar-refractivity contribution in [2.45, 2.75) is 19.9 Å². The average Bonchev–Trinajstić information content (AvgIpc) is 3.15. The van der Waals surface area contributed by atoms with E-state index in [0.717, 1.165) is 42.3 Å². The number of non-ortho nitro benzene ring substituents is 1. The van der Waals surface area contributed by atoms with E-state index in [4.69, 9.17) is 5.73 Å². The molecule has 2 N–H and O–H groups in total. The fourth-order valence-electron chi connectivity index (χ4n) is 2.92. The highest BCUT2D eigenvalue weighted by molar-refractivity contribution is 7.13. The van der Waals surface area contributed by atoms with Crippen molar-refractivity contribution in [3.63, 3.8) is 0 Å². The van der Waals surface area contributed by atoms with Gasteiger partial charge in [0.25, 0.3) is 5.69 Å². The Labute approximate surface area is 151 Å². The second-order valence-electron chi connectivity index (χ2n) is 6.43. The molecule has 8 heteroatoms. The smallest absolute Gasteiger partial charge is 0.270 e. The molecule has 0 amide bonds. The van der Waals surface area contributed by atoms with Crippen LogP contribution >= 0.6 is 23.7 Å². The summed E-state index contributed by atoms with van der Waals surface area (Å²) in [6.45, 7) is 5.77. The molecule has 2 heterocycles. The highest BCUT2D eigenvalue weighted by Gasteiger charge is 2.32. The van der Waals surface area contributed by atoms with Crippen LogP contribution in [0, 0.1) is 15.5 Å². The van der Waals surface area contributed by atoms with Crippen molar-refractivity contribution in [2.75, 3.05) is 19.6 Å². The molecule has 6 nitrogen and oxygen atoms in total. The number of nitro groups is 1. The van der Waals surface area contributed by atoms with Gasteiger partial charge < -0.3 is 5.73 Å². The van der Waals surface area contributed by atoms with Gasteiger partial charge in [0.2, 0.25) is 0 Å². The van der Waals surface area contributed by atoms with Crippen molar-refractivity contribution in [3.05, 3.63) is 45.5 Å². The molecule has 0 aliphatic carbocycles. The Kier molecular flexibility index (Phi) is 5.92. The van der Waals surface area contributed by atoms with E-state index in [0.29, 0.717) is 6.54 Å². The molecule has 0 saturated carbocycles. The number of nitro benzene ring substituents is 1. The molecule has 3 rings (SSSR count). The van der Waals surface area contributed by atoms with Crippen LogP contribution < -0.4 is 5.73 Å². The zero-order chi connectivity index (χ0) is 16.4. The van der Waals surface area contributed by atoms with Crippen LogP contribution in [0.5, 0.6) is 0 Å². The quantitative estimate of drug-likeness (QED) is 0.646. The maximum Gasteiger partial charge on any atom is 0.270 e. The summed E-state index contributed by atoms with van der Waals surface area (Å²) in [5, 5.41) is 13.7. The topological polar surface area (TPSA) is 85.3 Å². The molecular weight excluding hydrogens is 348 g/mol. The number of nitrogens with zero attached hydrogens (tertiary/aromatic N) is 3. The number of rotatable bonds is 5. The van der Waals surface area contributed by atoms with E-state index in [1.54, 1.807) is 12.1 Å². The maximum absolute atomic E-state index is 10.9. The first-order chi connectivity index (χ1) is 11.0. The van der Waals surface area contributed by atoms with E-state index < -0.39 is 0 Å². The third-order valence-corrected chi connectivity index (χ3v) is 5.31. The molecular formula is C16H21ClN4O2S. The summed E-state index contributed by atoms with van der Waals surface area (Å²) in [5.74, 6) is 0. The Bertz CT molecular complexity index is 724. The third-order valence-electron chi connectivity index (χ3n) is 4.37. The summed E-state index contributed by atoms with van der Waals surface area (Å²) >= 11 is 1.53. The number of thiazole rings is 1. The van der Waals surface area contributed by atoms with Gasteiger partial charge in [0.15, 0.2) is 0 Å². The first-order valence-corrected chi connectivity index (χ1v) is 8.49. The lowest BCUT2D eigenvalue weighted by molar-refractivity contribution is -0.384. The van der Waals surface area contributed by atoms with Gasteiger partial charge in [-0.1, -0.05) is 19.1 Å². The summed E-state index contributed by atoms with van der Waals surface area (Å²) in [4.78, 5) is 17.5. The number of benzene rings is 1. The molecule has 2 aromatic rings. The number of likely N-dealkylation sites (tertiary alicyclic amines) is 1. The lowest BCUT2D eigenvalue weighted by atomic mass is 9.90. The standard InChI is InChI=1S/C16H20N4O2S.ClH/c1-16(10-17)5-6-19(11-16)8-13-9-23-15(18-13)12-3-2-4-14(7-12)20(21)22;/h2-4,7,9H,5-6,8,10-11,17H2,1H3;1H. The summed E-state index contributed by atoms with van der Waals surface area (Å²) in [7, 11) is 0. The summed E-state index contributed by atoms with van der Waals surface area (Å²) in [6.07, 6.45) is 1.12. The van der Waals surface area contributed by atoms with Gasteiger partial charge in [-0.2, -0.15) is 0 Å². The zero-order valence-corrected chi connectivity index (χ0v) is 15.1. The molecule has 1 saturated heterocycles. The second kappa shape index (κ2) is 7.57. The van der Waals surface area contributed by atoms with Crippen LogP contribution in [-0.2, 0) is 6.54 Å². The molecule has 0 spiro atoms. The lowest BCUT2D eigenvalue weighted by Crippen LogP contribution is -2.31. The van der Waals surface area contributed by atoms with E-state index in [-0.39, 0.29) is 28.4 Å². The summed E-state index contributed by atoms with van der Waals surface area (Å²) < 4.78 is 0. The molecule has 24 heavy (non-hydrogen) atoms. The fraction of sp³-hybridized carbons (Fsp3) is 0.438. The highest BCUT2D eigenvalue weighted by Crippen LogP contribution is 2.31. The largest absolute Gasteiger partial charge is 0.330 e. The van der Waals surface area contributed by atoms with E-state index in [1.807, 2.05) is 11.4 Å². The number of halogens is 1. The summed E-state index contributed by atoms with van der Waals surface area (Å²) in [5.41, 5.74) is 7.96. The van der Waals surface area contributed by atoms with Crippen LogP contribution in [0.4, 0.5) is 5.69 Å². The Balaban J connectivity index is 0.00000208. The van der Waals surface area contributed by atoms with Crippen molar-refractivity contribution in [1.29, 1.82) is 0 Å². The second-order valence-corrected chi connectivity index (χ2v) is 7.28. The molecule has 0 radical (unpaired) electrons. The van der Waals surface area contributed by atoms with Crippen molar-refractivity contribution < 1.29 is 4.92 Å². The Hall–Kier alpha value is -1.54. The van der Waals surface area contributed by atoms with Crippen molar-refractivity contribution in [2.24, 2.45) is 11.1 Å². The van der Waals surface area contributed by atoms with Crippen molar-refractivity contribution >= 4 is 29.4 Å².